The molecule has 0 radical (unpaired) electrons. The molecule has 2 aliphatic carbocycles. The topological polar surface area (TPSA) is 7.60 Å². The molecule has 0 unspecified atom stereocenters. The van der Waals surface area contributed by atoms with Crippen molar-refractivity contribution in [2.75, 3.05) is 4.90 Å². The maximum Gasteiger partial charge on any atom is 0.187 e. The van der Waals surface area contributed by atoms with Gasteiger partial charge in [0.05, 0.1) is 23.4 Å². The third kappa shape index (κ3) is 3.67. The Morgan fingerprint density at radius 2 is 0.827 bits per heavy atom. The molecule has 9 aromatic rings. The smallest absolute Gasteiger partial charge is 0.187 e. The van der Waals surface area contributed by atoms with Crippen LogP contribution in [-0.4, -0.2) is 0 Å². The summed E-state index contributed by atoms with van der Waals surface area (Å²) >= 11 is 0. The number of rotatable bonds is 3. The van der Waals surface area contributed by atoms with Gasteiger partial charge >= 0.3 is 0 Å². The summed E-state index contributed by atoms with van der Waals surface area (Å²) in [4.78, 5) is 6.19. The van der Waals surface area contributed by atoms with Crippen LogP contribution in [0.2, 0.25) is 0 Å². The molecule has 240 valence electrons. The quantitative estimate of drug-likeness (QED) is 0.135. The number of hydrogen-bond acceptors (Lipinski definition) is 1. The van der Waals surface area contributed by atoms with Crippen molar-refractivity contribution < 1.29 is 0 Å². The van der Waals surface area contributed by atoms with Gasteiger partial charge in [-0.25, -0.2) is 4.85 Å². The highest BCUT2D eigenvalue weighted by Crippen LogP contribution is 2.64. The average molecular weight is 659 g/mol. The zero-order chi connectivity index (χ0) is 34.4. The molecule has 2 aliphatic rings. The number of hydrogen-bond donors (Lipinski definition) is 0. The number of nitrogens with zero attached hydrogens (tertiary/aromatic N) is 2. The second kappa shape index (κ2) is 10.8. The second-order valence-corrected chi connectivity index (χ2v) is 13.8. The van der Waals surface area contributed by atoms with Crippen molar-refractivity contribution in [1.29, 1.82) is 0 Å². The van der Waals surface area contributed by atoms with Crippen LogP contribution in [0.15, 0.2) is 182 Å². The zero-order valence-electron chi connectivity index (χ0n) is 28.2. The highest BCUT2D eigenvalue weighted by molar-refractivity contribution is 6.29. The van der Waals surface area contributed by atoms with E-state index in [2.05, 4.69) is 180 Å². The van der Waals surface area contributed by atoms with Gasteiger partial charge in [0.1, 0.15) is 0 Å². The largest absolute Gasteiger partial charge is 0.309 e. The van der Waals surface area contributed by atoms with Crippen molar-refractivity contribution in [3.8, 4) is 22.3 Å². The van der Waals surface area contributed by atoms with E-state index in [4.69, 9.17) is 6.57 Å². The minimum absolute atomic E-state index is 0.448. The maximum atomic E-state index is 7.73. The lowest BCUT2D eigenvalue weighted by Gasteiger charge is -2.32. The monoisotopic (exact) mass is 658 g/mol. The van der Waals surface area contributed by atoms with Crippen molar-refractivity contribution in [2.24, 2.45) is 0 Å². The highest BCUT2D eigenvalue weighted by Gasteiger charge is 2.52. The predicted molar refractivity (Wildman–Crippen MR) is 216 cm³/mol. The molecule has 1 spiro atoms. The Hall–Kier alpha value is -6.95. The van der Waals surface area contributed by atoms with Gasteiger partial charge in [-0.2, -0.15) is 0 Å². The van der Waals surface area contributed by atoms with Crippen molar-refractivity contribution >= 4 is 55.1 Å². The van der Waals surface area contributed by atoms with E-state index in [1.165, 1.54) is 76.8 Å². The van der Waals surface area contributed by atoms with E-state index >= 15 is 0 Å². The normalized spacial score (nSPS) is 13.1. The summed E-state index contributed by atoms with van der Waals surface area (Å²) in [5.41, 5.74) is 13.7. The molecular weight excluding hydrogens is 629 g/mol. The molecule has 0 fully saturated rings. The second-order valence-electron chi connectivity index (χ2n) is 13.8. The lowest BCUT2D eigenvalue weighted by molar-refractivity contribution is 0.794. The fraction of sp³-hybridized carbons (Fsp3) is 0.0200. The van der Waals surface area contributed by atoms with Crippen LogP contribution >= 0.6 is 0 Å². The third-order valence-corrected chi connectivity index (χ3v) is 11.5. The van der Waals surface area contributed by atoms with Gasteiger partial charge in [0.15, 0.2) is 5.69 Å². The molecule has 0 aromatic heterocycles. The molecule has 11 rings (SSSR count). The summed E-state index contributed by atoms with van der Waals surface area (Å²) < 4.78 is 0. The fourth-order valence-corrected chi connectivity index (χ4v) is 9.52. The van der Waals surface area contributed by atoms with Gasteiger partial charge in [0, 0.05) is 16.6 Å². The SMILES string of the molecule is [C-]#[N+]c1ccc(N(c2cccc3c2-c2ccccc2C32c3ccccc3-c3ccccc32)c2cccc3c4ccccc4c4ccccc4c23)cc1. The van der Waals surface area contributed by atoms with Crippen LogP contribution in [0.5, 0.6) is 0 Å². The summed E-state index contributed by atoms with van der Waals surface area (Å²) in [5.74, 6) is 0. The Bertz CT molecular complexity index is 2890. The molecule has 0 saturated heterocycles. The molecule has 9 aromatic carbocycles. The van der Waals surface area contributed by atoms with Crippen molar-refractivity contribution in [3.63, 3.8) is 0 Å². The van der Waals surface area contributed by atoms with E-state index in [1.807, 2.05) is 12.1 Å². The summed E-state index contributed by atoms with van der Waals surface area (Å²) in [5, 5.41) is 7.38. The molecule has 0 atom stereocenters. The van der Waals surface area contributed by atoms with E-state index in [0.717, 1.165) is 17.1 Å². The van der Waals surface area contributed by atoms with Gasteiger partial charge in [0.2, 0.25) is 0 Å². The van der Waals surface area contributed by atoms with Crippen molar-refractivity contribution in [2.45, 2.75) is 5.41 Å². The first kappa shape index (κ1) is 28.8. The molecule has 2 nitrogen and oxygen atoms in total. The lowest BCUT2D eigenvalue weighted by atomic mass is 9.70. The van der Waals surface area contributed by atoms with Gasteiger partial charge in [-0.05, 0) is 90.1 Å². The first-order valence-electron chi connectivity index (χ1n) is 17.8. The summed E-state index contributed by atoms with van der Waals surface area (Å²) in [6.45, 7) is 7.73. The number of fused-ring (bicyclic) bond motifs is 16. The van der Waals surface area contributed by atoms with Crippen molar-refractivity contribution in [3.05, 3.63) is 216 Å². The van der Waals surface area contributed by atoms with Gasteiger partial charge in [-0.1, -0.05) is 158 Å². The Morgan fingerprint density at radius 3 is 1.44 bits per heavy atom. The Balaban J connectivity index is 1.29. The number of anilines is 3. The molecule has 0 bridgehead atoms. The predicted octanol–water partition coefficient (Wildman–Crippen LogP) is 13.5. The zero-order valence-corrected chi connectivity index (χ0v) is 28.2. The van der Waals surface area contributed by atoms with Crippen LogP contribution in [-0.2, 0) is 5.41 Å². The molecule has 52 heavy (non-hydrogen) atoms. The van der Waals surface area contributed by atoms with E-state index in [-0.39, 0.29) is 0 Å². The van der Waals surface area contributed by atoms with Crippen molar-refractivity contribution in [1.82, 2.24) is 0 Å². The van der Waals surface area contributed by atoms with E-state index in [0.29, 0.717) is 5.69 Å². The average Bonchev–Trinajstić information content (AvgIpc) is 3.69. The summed E-state index contributed by atoms with van der Waals surface area (Å²) in [6, 6.07) is 66.2. The number of benzene rings is 9. The van der Waals surface area contributed by atoms with E-state index in [1.54, 1.807) is 0 Å². The summed E-state index contributed by atoms with van der Waals surface area (Å²) in [6.07, 6.45) is 0. The standard InChI is InChI=1S/C50H30N2/c1-51-32-28-30-33(31-29-32)52(46-26-12-21-40-36-15-3-2-14-34(36)35-16-4-5-19-39(35)48(40)46)47-27-13-25-45-49(47)41-20-8-11-24-44(41)50(45)42-22-9-6-17-37(42)38-18-7-10-23-43(38)50/h2-31H. The van der Waals surface area contributed by atoms with Crippen LogP contribution in [0.4, 0.5) is 22.7 Å². The van der Waals surface area contributed by atoms with Gasteiger partial charge < -0.3 is 4.90 Å². The third-order valence-electron chi connectivity index (χ3n) is 11.5. The van der Waals surface area contributed by atoms with Crippen LogP contribution in [0.25, 0.3) is 59.4 Å². The van der Waals surface area contributed by atoms with Gasteiger partial charge in [-0.3, -0.25) is 0 Å². The first-order chi connectivity index (χ1) is 25.8. The van der Waals surface area contributed by atoms with Crippen LogP contribution < -0.4 is 4.90 Å². The Kier molecular flexibility index (Phi) is 5.98. The van der Waals surface area contributed by atoms with Crippen LogP contribution in [0.3, 0.4) is 0 Å². The molecule has 0 N–H and O–H groups in total. The van der Waals surface area contributed by atoms with Crippen LogP contribution in [0, 0.1) is 6.57 Å². The minimum Gasteiger partial charge on any atom is -0.309 e. The van der Waals surface area contributed by atoms with Gasteiger partial charge in [-0.15, -0.1) is 0 Å². The molecule has 0 saturated carbocycles. The first-order valence-corrected chi connectivity index (χ1v) is 17.8. The molecular formula is C50H30N2. The lowest BCUT2D eigenvalue weighted by Crippen LogP contribution is -2.26. The maximum absolute atomic E-state index is 7.73. The van der Waals surface area contributed by atoms with Gasteiger partial charge in [0.25, 0.3) is 0 Å². The molecule has 0 aliphatic heterocycles. The highest BCUT2D eigenvalue weighted by atomic mass is 15.1. The Labute approximate surface area is 302 Å². The van der Waals surface area contributed by atoms with E-state index < -0.39 is 5.41 Å². The fourth-order valence-electron chi connectivity index (χ4n) is 9.52. The van der Waals surface area contributed by atoms with Crippen LogP contribution in [0.1, 0.15) is 22.3 Å². The molecule has 0 amide bonds. The summed E-state index contributed by atoms with van der Waals surface area (Å²) in [7, 11) is 0. The minimum atomic E-state index is -0.448. The molecule has 2 heteroatoms. The Morgan fingerprint density at radius 1 is 0.385 bits per heavy atom. The van der Waals surface area contributed by atoms with E-state index in [9.17, 15) is 0 Å². The molecule has 0 heterocycles.